The number of aromatic nitrogens is 2. The quantitative estimate of drug-likeness (QED) is 0.866. The summed E-state index contributed by atoms with van der Waals surface area (Å²) < 4.78 is 0. The lowest BCUT2D eigenvalue weighted by Crippen LogP contribution is -2.31. The van der Waals surface area contributed by atoms with Crippen molar-refractivity contribution in [3.8, 4) is 0 Å². The molecule has 0 spiro atoms. The Kier molecular flexibility index (Phi) is 5.07. The summed E-state index contributed by atoms with van der Waals surface area (Å²) in [7, 11) is 0. The van der Waals surface area contributed by atoms with E-state index in [1.165, 1.54) is 13.3 Å². The van der Waals surface area contributed by atoms with Gasteiger partial charge in [-0.15, -0.1) is 0 Å². The molecule has 3 rings (SSSR count). The minimum atomic E-state index is -0.278. The number of carbonyl (C=O) groups is 2. The lowest BCUT2D eigenvalue weighted by atomic mass is 10.1. The number of hydrogen-bond donors (Lipinski definition) is 1. The average molecular weight is 338 g/mol. The second kappa shape index (κ2) is 7.42. The highest BCUT2D eigenvalue weighted by atomic mass is 16.2. The molecule has 0 atom stereocenters. The van der Waals surface area contributed by atoms with E-state index in [0.29, 0.717) is 22.8 Å². The third kappa shape index (κ3) is 4.21. The number of piperidine rings is 1. The molecule has 1 saturated heterocycles. The topological polar surface area (TPSA) is 75.2 Å². The van der Waals surface area contributed by atoms with Crippen LogP contribution in [0.3, 0.4) is 0 Å². The van der Waals surface area contributed by atoms with Gasteiger partial charge in [0.25, 0.3) is 5.91 Å². The van der Waals surface area contributed by atoms with Crippen molar-refractivity contribution in [1.29, 1.82) is 0 Å². The number of aryl methyl sites for hydroxylation is 1. The molecule has 1 N–H and O–H groups in total. The zero-order valence-corrected chi connectivity index (χ0v) is 14.6. The van der Waals surface area contributed by atoms with Gasteiger partial charge in [0.05, 0.1) is 0 Å². The third-order valence-electron chi connectivity index (χ3n) is 4.29. The molecule has 25 heavy (non-hydrogen) atoms. The Morgan fingerprint density at radius 3 is 2.36 bits per heavy atom. The summed E-state index contributed by atoms with van der Waals surface area (Å²) in [6.45, 7) is 5.24. The maximum atomic E-state index is 12.5. The van der Waals surface area contributed by atoms with Crippen LogP contribution in [0.2, 0.25) is 0 Å². The van der Waals surface area contributed by atoms with Gasteiger partial charge in [0.15, 0.2) is 5.78 Å². The monoisotopic (exact) mass is 338 g/mol. The third-order valence-corrected chi connectivity index (χ3v) is 4.29. The molecule has 1 fully saturated rings. The number of Topliss-reactive ketones (excluding diaryl/α,β-unsaturated/α-hetero) is 1. The Labute approximate surface area is 147 Å². The van der Waals surface area contributed by atoms with Gasteiger partial charge in [-0.25, -0.2) is 9.97 Å². The zero-order chi connectivity index (χ0) is 17.8. The van der Waals surface area contributed by atoms with E-state index in [1.807, 2.05) is 0 Å². The maximum Gasteiger partial charge on any atom is 0.274 e. The molecule has 1 aromatic carbocycles. The van der Waals surface area contributed by atoms with E-state index in [2.05, 4.69) is 20.2 Å². The second-order valence-corrected chi connectivity index (χ2v) is 6.29. The molecule has 0 radical (unpaired) electrons. The highest BCUT2D eigenvalue weighted by molar-refractivity contribution is 6.03. The standard InChI is InChI=1S/C19H22N4O2/c1-13(24)15-6-8-16(9-7-15)22-19(25)17-12-18(21-14(2)20-17)23-10-4-3-5-11-23/h6-9,12H,3-5,10-11H2,1-2H3,(H,22,25). The lowest BCUT2D eigenvalue weighted by Gasteiger charge is -2.28. The summed E-state index contributed by atoms with van der Waals surface area (Å²) >= 11 is 0. The fraction of sp³-hybridized carbons (Fsp3) is 0.368. The number of rotatable bonds is 4. The number of nitrogens with zero attached hydrogens (tertiary/aromatic N) is 3. The number of nitrogens with one attached hydrogen (secondary N) is 1. The van der Waals surface area contributed by atoms with Crippen molar-refractivity contribution >= 4 is 23.2 Å². The van der Waals surface area contributed by atoms with E-state index in [0.717, 1.165) is 31.7 Å². The van der Waals surface area contributed by atoms with Crippen LogP contribution in [0.1, 0.15) is 52.9 Å². The van der Waals surface area contributed by atoms with Crippen LogP contribution in [0.25, 0.3) is 0 Å². The minimum absolute atomic E-state index is 0.00419. The summed E-state index contributed by atoms with van der Waals surface area (Å²) in [5, 5.41) is 2.82. The molecule has 1 aromatic heterocycles. The normalized spacial score (nSPS) is 14.2. The Hall–Kier alpha value is -2.76. The minimum Gasteiger partial charge on any atom is -0.356 e. The Balaban J connectivity index is 1.77. The highest BCUT2D eigenvalue weighted by Crippen LogP contribution is 2.19. The van der Waals surface area contributed by atoms with Gasteiger partial charge in [0.1, 0.15) is 17.3 Å². The Morgan fingerprint density at radius 2 is 1.72 bits per heavy atom. The fourth-order valence-corrected chi connectivity index (χ4v) is 2.94. The molecule has 130 valence electrons. The van der Waals surface area contributed by atoms with Gasteiger partial charge in [-0.1, -0.05) is 0 Å². The molecule has 0 saturated carbocycles. The van der Waals surface area contributed by atoms with Crippen LogP contribution in [0.15, 0.2) is 30.3 Å². The van der Waals surface area contributed by atoms with Crippen LogP contribution in [0.4, 0.5) is 11.5 Å². The second-order valence-electron chi connectivity index (χ2n) is 6.29. The lowest BCUT2D eigenvalue weighted by molar-refractivity contribution is 0.101. The molecule has 0 aliphatic carbocycles. The van der Waals surface area contributed by atoms with E-state index in [4.69, 9.17) is 0 Å². The van der Waals surface area contributed by atoms with Gasteiger partial charge in [-0.2, -0.15) is 0 Å². The number of benzene rings is 1. The molecule has 0 unspecified atom stereocenters. The van der Waals surface area contributed by atoms with Gasteiger partial charge in [0, 0.05) is 30.4 Å². The first kappa shape index (κ1) is 17.1. The predicted octanol–water partition coefficient (Wildman–Crippen LogP) is 3.23. The van der Waals surface area contributed by atoms with Crippen molar-refractivity contribution in [2.75, 3.05) is 23.3 Å². The van der Waals surface area contributed by atoms with Crippen LogP contribution in [0.5, 0.6) is 0 Å². The van der Waals surface area contributed by atoms with Gasteiger partial charge in [-0.05, 0) is 57.4 Å². The Bertz CT molecular complexity index is 781. The molecule has 6 nitrogen and oxygen atoms in total. The summed E-state index contributed by atoms with van der Waals surface area (Å²) in [5.41, 5.74) is 1.60. The molecule has 1 aliphatic rings. The summed E-state index contributed by atoms with van der Waals surface area (Å²) in [6, 6.07) is 8.57. The maximum absolute atomic E-state index is 12.5. The van der Waals surface area contributed by atoms with E-state index in [9.17, 15) is 9.59 Å². The number of anilines is 2. The summed E-state index contributed by atoms with van der Waals surface area (Å²) in [5.74, 6) is 1.11. The molecule has 1 aliphatic heterocycles. The SMILES string of the molecule is CC(=O)c1ccc(NC(=O)c2cc(N3CCCCC3)nc(C)n2)cc1. The van der Waals surface area contributed by atoms with Crippen molar-refractivity contribution in [3.05, 3.63) is 47.4 Å². The smallest absolute Gasteiger partial charge is 0.274 e. The van der Waals surface area contributed by atoms with E-state index < -0.39 is 0 Å². The van der Waals surface area contributed by atoms with Crippen molar-refractivity contribution in [2.24, 2.45) is 0 Å². The van der Waals surface area contributed by atoms with E-state index in [1.54, 1.807) is 37.3 Å². The summed E-state index contributed by atoms with van der Waals surface area (Å²) in [6.07, 6.45) is 3.53. The number of hydrogen-bond acceptors (Lipinski definition) is 5. The van der Waals surface area contributed by atoms with Crippen LogP contribution < -0.4 is 10.2 Å². The first-order valence-electron chi connectivity index (χ1n) is 8.56. The number of ketones is 1. The largest absolute Gasteiger partial charge is 0.356 e. The molecule has 0 bridgehead atoms. The van der Waals surface area contributed by atoms with Gasteiger partial charge >= 0.3 is 0 Å². The molecule has 6 heteroatoms. The molecule has 2 heterocycles. The van der Waals surface area contributed by atoms with E-state index in [-0.39, 0.29) is 11.7 Å². The van der Waals surface area contributed by atoms with Crippen molar-refractivity contribution in [1.82, 2.24) is 9.97 Å². The van der Waals surface area contributed by atoms with E-state index >= 15 is 0 Å². The Morgan fingerprint density at radius 1 is 1.04 bits per heavy atom. The first-order valence-corrected chi connectivity index (χ1v) is 8.56. The van der Waals surface area contributed by atoms with Gasteiger partial charge in [0.2, 0.25) is 0 Å². The van der Waals surface area contributed by atoms with Crippen molar-refractivity contribution in [2.45, 2.75) is 33.1 Å². The average Bonchev–Trinajstić information content (AvgIpc) is 2.62. The first-order chi connectivity index (χ1) is 12.0. The van der Waals surface area contributed by atoms with Crippen LogP contribution in [-0.2, 0) is 0 Å². The highest BCUT2D eigenvalue weighted by Gasteiger charge is 2.16. The predicted molar refractivity (Wildman–Crippen MR) is 97.2 cm³/mol. The fourth-order valence-electron chi connectivity index (χ4n) is 2.94. The van der Waals surface area contributed by atoms with Crippen molar-refractivity contribution < 1.29 is 9.59 Å². The van der Waals surface area contributed by atoms with Gasteiger partial charge < -0.3 is 10.2 Å². The van der Waals surface area contributed by atoms with Gasteiger partial charge in [-0.3, -0.25) is 9.59 Å². The summed E-state index contributed by atoms with van der Waals surface area (Å²) in [4.78, 5) is 34.8. The number of amides is 1. The molecule has 2 aromatic rings. The zero-order valence-electron chi connectivity index (χ0n) is 14.6. The molecular formula is C19H22N4O2. The molecule has 1 amide bonds. The van der Waals surface area contributed by atoms with Crippen molar-refractivity contribution in [3.63, 3.8) is 0 Å². The van der Waals surface area contributed by atoms with Crippen LogP contribution >= 0.6 is 0 Å². The van der Waals surface area contributed by atoms with Crippen LogP contribution in [-0.4, -0.2) is 34.7 Å². The van der Waals surface area contributed by atoms with Crippen LogP contribution in [0, 0.1) is 6.92 Å². The molecular weight excluding hydrogens is 316 g/mol. The number of carbonyl (C=O) groups excluding carboxylic acids is 2.